The van der Waals surface area contributed by atoms with E-state index in [1.807, 2.05) is 4.68 Å². The van der Waals surface area contributed by atoms with Crippen molar-refractivity contribution in [1.82, 2.24) is 14.8 Å². The van der Waals surface area contributed by atoms with Gasteiger partial charge in [-0.1, -0.05) is 13.3 Å². The summed E-state index contributed by atoms with van der Waals surface area (Å²) in [6.07, 6.45) is 6.93. The summed E-state index contributed by atoms with van der Waals surface area (Å²) in [6.45, 7) is 2.97. The first-order valence-electron chi connectivity index (χ1n) is 6.70. The minimum absolute atomic E-state index is 0.357. The average Bonchev–Trinajstić information content (AvgIpc) is 2.68. The van der Waals surface area contributed by atoms with Crippen molar-refractivity contribution in [3.63, 3.8) is 0 Å². The molecule has 17 heavy (non-hydrogen) atoms. The molecule has 4 heteroatoms. The number of rotatable bonds is 5. The smallest absolute Gasteiger partial charge is 0.144 e. The van der Waals surface area contributed by atoms with E-state index in [4.69, 9.17) is 0 Å². The van der Waals surface area contributed by atoms with E-state index in [2.05, 4.69) is 17.0 Å². The molecule has 2 aliphatic carbocycles. The highest BCUT2D eigenvalue weighted by Gasteiger charge is 2.55. The lowest BCUT2D eigenvalue weighted by atomic mass is 10.1. The lowest BCUT2D eigenvalue weighted by molar-refractivity contribution is -0.120. The molecule has 92 valence electrons. The number of nitrogens with zero attached hydrogens (tertiary/aromatic N) is 3. The summed E-state index contributed by atoms with van der Waals surface area (Å²) in [5.41, 5.74) is 0. The SMILES string of the molecule is CCCn1ncnc1CC(=O)C1C2CCCC21. The summed E-state index contributed by atoms with van der Waals surface area (Å²) < 4.78 is 1.87. The molecule has 0 spiro atoms. The monoisotopic (exact) mass is 233 g/mol. The molecule has 0 radical (unpaired) electrons. The first-order chi connectivity index (χ1) is 8.31. The van der Waals surface area contributed by atoms with Gasteiger partial charge < -0.3 is 0 Å². The van der Waals surface area contributed by atoms with Gasteiger partial charge in [-0.15, -0.1) is 0 Å². The van der Waals surface area contributed by atoms with Crippen LogP contribution in [0.25, 0.3) is 0 Å². The number of aryl methyl sites for hydroxylation is 1. The summed E-state index contributed by atoms with van der Waals surface area (Å²) in [7, 11) is 0. The fourth-order valence-electron chi connectivity index (χ4n) is 3.40. The highest BCUT2D eigenvalue weighted by molar-refractivity contribution is 5.86. The molecule has 0 aromatic carbocycles. The van der Waals surface area contributed by atoms with Crippen LogP contribution in [0.2, 0.25) is 0 Å². The van der Waals surface area contributed by atoms with E-state index in [-0.39, 0.29) is 0 Å². The summed E-state index contributed by atoms with van der Waals surface area (Å²) in [5, 5.41) is 4.16. The number of ketones is 1. The second-order valence-corrected chi connectivity index (χ2v) is 5.33. The Kier molecular flexibility index (Phi) is 2.73. The zero-order valence-electron chi connectivity index (χ0n) is 10.3. The molecule has 2 unspecified atom stereocenters. The second-order valence-electron chi connectivity index (χ2n) is 5.33. The lowest BCUT2D eigenvalue weighted by Crippen LogP contribution is -2.14. The Hall–Kier alpha value is -1.19. The molecule has 4 nitrogen and oxygen atoms in total. The van der Waals surface area contributed by atoms with Gasteiger partial charge in [-0.2, -0.15) is 5.10 Å². The number of aromatic nitrogens is 3. The standard InChI is InChI=1S/C13H19N3O/c1-2-6-16-12(14-8-15-16)7-11(17)13-9-4-3-5-10(9)13/h8-10,13H,2-7H2,1H3. The summed E-state index contributed by atoms with van der Waals surface area (Å²) in [4.78, 5) is 16.4. The van der Waals surface area contributed by atoms with E-state index in [0.29, 0.717) is 30.0 Å². The minimum atomic E-state index is 0.357. The van der Waals surface area contributed by atoms with Crippen molar-refractivity contribution in [2.45, 2.75) is 45.6 Å². The van der Waals surface area contributed by atoms with Crippen molar-refractivity contribution in [2.75, 3.05) is 0 Å². The third kappa shape index (κ3) is 1.90. The molecule has 1 heterocycles. The molecule has 1 aromatic rings. The number of carbonyl (C=O) groups is 1. The van der Waals surface area contributed by atoms with Crippen LogP contribution in [0, 0.1) is 17.8 Å². The Morgan fingerprint density at radius 1 is 1.47 bits per heavy atom. The lowest BCUT2D eigenvalue weighted by Gasteiger charge is -2.05. The van der Waals surface area contributed by atoms with Crippen LogP contribution in [0.5, 0.6) is 0 Å². The van der Waals surface area contributed by atoms with Gasteiger partial charge in [-0.25, -0.2) is 9.67 Å². The first kappa shape index (κ1) is 10.9. The highest BCUT2D eigenvalue weighted by Crippen LogP contribution is 2.57. The normalized spacial score (nSPS) is 30.3. The summed E-state index contributed by atoms with van der Waals surface area (Å²) in [5.74, 6) is 3.03. The van der Waals surface area contributed by atoms with Crippen molar-refractivity contribution in [3.05, 3.63) is 12.2 Å². The predicted octanol–water partition coefficient (Wildman–Crippen LogP) is 1.85. The van der Waals surface area contributed by atoms with Crippen LogP contribution < -0.4 is 0 Å². The van der Waals surface area contributed by atoms with Crippen LogP contribution in [0.1, 0.15) is 38.4 Å². The van der Waals surface area contributed by atoms with Gasteiger partial charge in [0.15, 0.2) is 0 Å². The maximum Gasteiger partial charge on any atom is 0.144 e. The van der Waals surface area contributed by atoms with Crippen molar-refractivity contribution in [1.29, 1.82) is 0 Å². The molecule has 1 aromatic heterocycles. The van der Waals surface area contributed by atoms with Crippen LogP contribution >= 0.6 is 0 Å². The molecule has 2 fully saturated rings. The summed E-state index contributed by atoms with van der Waals surface area (Å²) >= 11 is 0. The molecule has 2 atom stereocenters. The van der Waals surface area contributed by atoms with Gasteiger partial charge in [0.05, 0.1) is 6.42 Å². The Morgan fingerprint density at radius 2 is 2.24 bits per heavy atom. The van der Waals surface area contributed by atoms with Crippen LogP contribution in [-0.4, -0.2) is 20.5 Å². The van der Waals surface area contributed by atoms with Crippen LogP contribution in [0.15, 0.2) is 6.33 Å². The Labute approximate surface area is 101 Å². The minimum Gasteiger partial charge on any atom is -0.299 e. The maximum absolute atomic E-state index is 12.2. The molecule has 0 amide bonds. The van der Waals surface area contributed by atoms with Crippen molar-refractivity contribution in [3.8, 4) is 0 Å². The van der Waals surface area contributed by atoms with Crippen molar-refractivity contribution in [2.24, 2.45) is 17.8 Å². The number of Topliss-reactive ketones (excluding diaryl/α,β-unsaturated/α-hetero) is 1. The Morgan fingerprint density at radius 3 is 2.94 bits per heavy atom. The fraction of sp³-hybridized carbons (Fsp3) is 0.769. The molecule has 0 N–H and O–H groups in total. The number of carbonyl (C=O) groups excluding carboxylic acids is 1. The van der Waals surface area contributed by atoms with E-state index in [0.717, 1.165) is 18.8 Å². The third-order valence-electron chi connectivity index (χ3n) is 4.24. The Bertz CT molecular complexity index is 416. The third-order valence-corrected chi connectivity index (χ3v) is 4.24. The van der Waals surface area contributed by atoms with Crippen LogP contribution in [0.3, 0.4) is 0 Å². The van der Waals surface area contributed by atoms with Gasteiger partial charge in [-0.3, -0.25) is 4.79 Å². The molecule has 2 saturated carbocycles. The van der Waals surface area contributed by atoms with E-state index >= 15 is 0 Å². The molecule has 0 saturated heterocycles. The molecular weight excluding hydrogens is 214 g/mol. The predicted molar refractivity (Wildman–Crippen MR) is 63.3 cm³/mol. The highest BCUT2D eigenvalue weighted by atomic mass is 16.1. The topological polar surface area (TPSA) is 47.8 Å². The molecule has 2 aliphatic rings. The van der Waals surface area contributed by atoms with Gasteiger partial charge in [0, 0.05) is 12.5 Å². The molecule has 0 aliphatic heterocycles. The molecule has 3 rings (SSSR count). The van der Waals surface area contributed by atoms with Gasteiger partial charge >= 0.3 is 0 Å². The van der Waals surface area contributed by atoms with Gasteiger partial charge in [0.25, 0.3) is 0 Å². The van der Waals surface area contributed by atoms with Gasteiger partial charge in [-0.05, 0) is 31.1 Å². The average molecular weight is 233 g/mol. The number of fused-ring (bicyclic) bond motifs is 1. The van der Waals surface area contributed by atoms with Gasteiger partial charge in [0.2, 0.25) is 0 Å². The number of hydrogen-bond donors (Lipinski definition) is 0. The number of hydrogen-bond acceptors (Lipinski definition) is 3. The zero-order chi connectivity index (χ0) is 11.8. The van der Waals surface area contributed by atoms with Crippen LogP contribution in [0.4, 0.5) is 0 Å². The van der Waals surface area contributed by atoms with Crippen molar-refractivity contribution < 1.29 is 4.79 Å². The first-order valence-corrected chi connectivity index (χ1v) is 6.70. The summed E-state index contributed by atoms with van der Waals surface area (Å²) in [6, 6.07) is 0. The van der Waals surface area contributed by atoms with E-state index in [1.54, 1.807) is 6.33 Å². The van der Waals surface area contributed by atoms with E-state index in [1.165, 1.54) is 19.3 Å². The second kappa shape index (κ2) is 4.24. The van der Waals surface area contributed by atoms with Crippen molar-refractivity contribution >= 4 is 5.78 Å². The Balaban J connectivity index is 1.63. The molecular formula is C13H19N3O. The van der Waals surface area contributed by atoms with E-state index < -0.39 is 0 Å². The van der Waals surface area contributed by atoms with Crippen LogP contribution in [-0.2, 0) is 17.8 Å². The maximum atomic E-state index is 12.2. The van der Waals surface area contributed by atoms with E-state index in [9.17, 15) is 4.79 Å². The quantitative estimate of drug-likeness (QED) is 0.779. The fourth-order valence-corrected chi connectivity index (χ4v) is 3.40. The molecule has 0 bridgehead atoms. The largest absolute Gasteiger partial charge is 0.299 e. The van der Waals surface area contributed by atoms with Gasteiger partial charge in [0.1, 0.15) is 17.9 Å². The zero-order valence-corrected chi connectivity index (χ0v) is 10.3.